The topological polar surface area (TPSA) is 70.7 Å². The fraction of sp³-hybridized carbons (Fsp3) is 0.214. The van der Waals surface area contributed by atoms with E-state index in [1.165, 1.54) is 0 Å². The lowest BCUT2D eigenvalue weighted by Gasteiger charge is -2.10. The van der Waals surface area contributed by atoms with Crippen LogP contribution in [0.5, 0.6) is 0 Å². The minimum absolute atomic E-state index is 0.0970. The monoisotopic (exact) mass is 340 g/mol. The van der Waals surface area contributed by atoms with Crippen LogP contribution in [-0.4, -0.2) is 20.9 Å². The molecule has 5 nitrogen and oxygen atoms in total. The minimum Gasteiger partial charge on any atom is -0.342 e. The van der Waals surface area contributed by atoms with Gasteiger partial charge in [0.15, 0.2) is 5.01 Å². The van der Waals surface area contributed by atoms with E-state index in [9.17, 15) is 18.0 Å². The van der Waals surface area contributed by atoms with Crippen molar-refractivity contribution < 1.29 is 18.0 Å². The number of carbonyl (C=O) groups is 1. The fourth-order valence-corrected chi connectivity index (χ4v) is 2.71. The van der Waals surface area contributed by atoms with Crippen molar-refractivity contribution in [1.82, 2.24) is 20.3 Å². The summed E-state index contributed by atoms with van der Waals surface area (Å²) in [5.74, 6) is -0.0916. The molecule has 0 spiro atoms. The molecule has 0 saturated heterocycles. The lowest BCUT2D eigenvalue weighted by molar-refractivity contribution is -0.137. The number of benzene rings is 1. The van der Waals surface area contributed by atoms with Crippen LogP contribution in [-0.2, 0) is 6.18 Å². The van der Waals surface area contributed by atoms with Crippen LogP contribution in [0.3, 0.4) is 0 Å². The number of rotatable bonds is 3. The standard InChI is InChI=1S/C14H11F3N4OS/c1-7(11-20-8-4-2-3-5-9(8)21-11)19-12(22)10-6-18-13(23-10)14(15,16)17/h2-7H,1H3,(H,19,22)(H,20,21). The molecule has 0 bridgehead atoms. The summed E-state index contributed by atoms with van der Waals surface area (Å²) in [7, 11) is 0. The summed E-state index contributed by atoms with van der Waals surface area (Å²) >= 11 is 0.311. The lowest BCUT2D eigenvalue weighted by Crippen LogP contribution is -2.26. The van der Waals surface area contributed by atoms with Crippen LogP contribution in [0.2, 0.25) is 0 Å². The number of imidazole rings is 1. The quantitative estimate of drug-likeness (QED) is 0.766. The SMILES string of the molecule is CC(NC(=O)c1cnc(C(F)(F)F)s1)c1nc2ccccc2[nH]1. The van der Waals surface area contributed by atoms with Crippen molar-refractivity contribution in [3.8, 4) is 0 Å². The zero-order valence-electron chi connectivity index (χ0n) is 11.8. The highest BCUT2D eigenvalue weighted by molar-refractivity contribution is 7.13. The summed E-state index contributed by atoms with van der Waals surface area (Å²) in [5, 5.41) is 1.57. The van der Waals surface area contributed by atoms with Gasteiger partial charge in [-0.3, -0.25) is 4.79 Å². The molecule has 0 aliphatic rings. The van der Waals surface area contributed by atoms with E-state index in [2.05, 4.69) is 20.3 Å². The lowest BCUT2D eigenvalue weighted by atomic mass is 10.3. The van der Waals surface area contributed by atoms with Crippen LogP contribution in [0.15, 0.2) is 30.5 Å². The van der Waals surface area contributed by atoms with Gasteiger partial charge in [0, 0.05) is 0 Å². The van der Waals surface area contributed by atoms with Crippen LogP contribution in [0, 0.1) is 0 Å². The van der Waals surface area contributed by atoms with E-state index in [0.29, 0.717) is 17.2 Å². The molecular formula is C14H11F3N4OS. The van der Waals surface area contributed by atoms with Gasteiger partial charge in [0.1, 0.15) is 10.7 Å². The van der Waals surface area contributed by atoms with E-state index in [0.717, 1.165) is 17.2 Å². The number of para-hydroxylation sites is 2. The first-order chi connectivity index (χ1) is 10.8. The van der Waals surface area contributed by atoms with Gasteiger partial charge in [-0.05, 0) is 19.1 Å². The number of nitrogens with one attached hydrogen (secondary N) is 2. The molecule has 1 unspecified atom stereocenters. The maximum absolute atomic E-state index is 12.5. The summed E-state index contributed by atoms with van der Waals surface area (Å²) in [6.45, 7) is 1.70. The van der Waals surface area contributed by atoms with Gasteiger partial charge in [-0.2, -0.15) is 13.2 Å². The number of hydrogen-bond donors (Lipinski definition) is 2. The van der Waals surface area contributed by atoms with Crippen molar-refractivity contribution in [2.24, 2.45) is 0 Å². The largest absolute Gasteiger partial charge is 0.443 e. The number of carbonyl (C=O) groups excluding carboxylic acids is 1. The number of fused-ring (bicyclic) bond motifs is 1. The first kappa shape index (κ1) is 15.5. The molecular weight excluding hydrogens is 329 g/mol. The third-order valence-electron chi connectivity index (χ3n) is 3.14. The van der Waals surface area contributed by atoms with Crippen LogP contribution in [0.25, 0.3) is 11.0 Å². The number of nitrogens with zero attached hydrogens (tertiary/aromatic N) is 2. The summed E-state index contributed by atoms with van der Waals surface area (Å²) < 4.78 is 37.5. The van der Waals surface area contributed by atoms with Crippen LogP contribution in [0.1, 0.15) is 33.5 Å². The van der Waals surface area contributed by atoms with E-state index in [1.54, 1.807) is 6.92 Å². The second-order valence-electron chi connectivity index (χ2n) is 4.86. The molecule has 1 atom stereocenters. The van der Waals surface area contributed by atoms with Gasteiger partial charge in [0.2, 0.25) is 0 Å². The van der Waals surface area contributed by atoms with Gasteiger partial charge < -0.3 is 10.3 Å². The molecule has 2 aromatic heterocycles. The Bertz CT molecular complexity index is 822. The van der Waals surface area contributed by atoms with Crippen molar-refractivity contribution in [2.75, 3.05) is 0 Å². The Kier molecular flexibility index (Phi) is 3.80. The second kappa shape index (κ2) is 5.65. The highest BCUT2D eigenvalue weighted by atomic mass is 32.1. The van der Waals surface area contributed by atoms with Crippen molar-refractivity contribution in [1.29, 1.82) is 0 Å². The first-order valence-electron chi connectivity index (χ1n) is 6.63. The molecule has 1 aromatic carbocycles. The van der Waals surface area contributed by atoms with E-state index in [1.807, 2.05) is 24.3 Å². The van der Waals surface area contributed by atoms with Crippen molar-refractivity contribution >= 4 is 28.3 Å². The fourth-order valence-electron chi connectivity index (χ4n) is 2.02. The molecule has 2 N–H and O–H groups in total. The Morgan fingerprint density at radius 3 is 2.74 bits per heavy atom. The summed E-state index contributed by atoms with van der Waals surface area (Å²) in [6, 6.07) is 6.88. The molecule has 0 radical (unpaired) electrons. The average molecular weight is 340 g/mol. The van der Waals surface area contributed by atoms with Crippen LogP contribution in [0.4, 0.5) is 13.2 Å². The van der Waals surface area contributed by atoms with Gasteiger partial charge in [-0.15, -0.1) is 11.3 Å². The summed E-state index contributed by atoms with van der Waals surface area (Å²) in [6.07, 6.45) is -3.62. The number of amides is 1. The molecule has 23 heavy (non-hydrogen) atoms. The Labute approximate surface area is 132 Å². The van der Waals surface area contributed by atoms with Crippen molar-refractivity contribution in [3.05, 3.63) is 46.2 Å². The number of hydrogen-bond acceptors (Lipinski definition) is 4. The van der Waals surface area contributed by atoms with E-state index < -0.39 is 23.1 Å². The van der Waals surface area contributed by atoms with Crippen LogP contribution >= 0.6 is 11.3 Å². The second-order valence-corrected chi connectivity index (χ2v) is 5.89. The molecule has 0 aliphatic carbocycles. The summed E-state index contributed by atoms with van der Waals surface area (Å²) in [4.78, 5) is 22.6. The number of thiazole rings is 1. The van der Waals surface area contributed by atoms with Gasteiger partial charge in [-0.25, -0.2) is 9.97 Å². The maximum Gasteiger partial charge on any atom is 0.443 e. The van der Waals surface area contributed by atoms with Gasteiger partial charge in [-0.1, -0.05) is 12.1 Å². The Balaban J connectivity index is 1.75. The smallest absolute Gasteiger partial charge is 0.342 e. The Hall–Kier alpha value is -2.42. The zero-order chi connectivity index (χ0) is 16.6. The Morgan fingerprint density at radius 2 is 2.09 bits per heavy atom. The number of aromatic amines is 1. The molecule has 0 aliphatic heterocycles. The molecule has 0 saturated carbocycles. The number of H-pyrrole nitrogens is 1. The molecule has 1 amide bonds. The van der Waals surface area contributed by atoms with Gasteiger partial charge in [0.05, 0.1) is 23.3 Å². The van der Waals surface area contributed by atoms with Crippen molar-refractivity contribution in [2.45, 2.75) is 19.1 Å². The van der Waals surface area contributed by atoms with Gasteiger partial charge in [0.25, 0.3) is 5.91 Å². The molecule has 3 rings (SSSR count). The third kappa shape index (κ3) is 3.19. The number of halogens is 3. The predicted molar refractivity (Wildman–Crippen MR) is 79.1 cm³/mol. The molecule has 120 valence electrons. The van der Waals surface area contributed by atoms with E-state index in [-0.39, 0.29) is 4.88 Å². The number of alkyl halides is 3. The van der Waals surface area contributed by atoms with E-state index in [4.69, 9.17) is 0 Å². The number of aromatic nitrogens is 3. The highest BCUT2D eigenvalue weighted by Gasteiger charge is 2.35. The van der Waals surface area contributed by atoms with E-state index >= 15 is 0 Å². The maximum atomic E-state index is 12.5. The first-order valence-corrected chi connectivity index (χ1v) is 7.45. The minimum atomic E-state index is -4.55. The molecule has 9 heteroatoms. The van der Waals surface area contributed by atoms with Crippen LogP contribution < -0.4 is 5.32 Å². The average Bonchev–Trinajstić information content (AvgIpc) is 3.13. The van der Waals surface area contributed by atoms with Gasteiger partial charge >= 0.3 is 6.18 Å². The normalized spacial score (nSPS) is 13.2. The van der Waals surface area contributed by atoms with Crippen molar-refractivity contribution in [3.63, 3.8) is 0 Å². The zero-order valence-corrected chi connectivity index (χ0v) is 12.6. The Morgan fingerprint density at radius 1 is 1.35 bits per heavy atom. The molecule has 2 heterocycles. The highest BCUT2D eigenvalue weighted by Crippen LogP contribution is 2.32. The third-order valence-corrected chi connectivity index (χ3v) is 4.18. The molecule has 0 fully saturated rings. The summed E-state index contributed by atoms with van der Waals surface area (Å²) in [5.41, 5.74) is 1.57. The predicted octanol–water partition coefficient (Wildman–Crippen LogP) is 3.53. The molecule has 3 aromatic rings.